The fourth-order valence-electron chi connectivity index (χ4n) is 2.97. The van der Waals surface area contributed by atoms with E-state index in [1.165, 1.54) is 23.8 Å². The Balaban J connectivity index is 1.55. The van der Waals surface area contributed by atoms with E-state index in [0.29, 0.717) is 29.6 Å². The van der Waals surface area contributed by atoms with Gasteiger partial charge >= 0.3 is 5.76 Å². The topological polar surface area (TPSA) is 73.5 Å². The van der Waals surface area contributed by atoms with Gasteiger partial charge in [-0.1, -0.05) is 18.2 Å². The third-order valence-electron chi connectivity index (χ3n) is 4.41. The lowest BCUT2D eigenvalue weighted by Gasteiger charge is -2.15. The molecule has 0 aliphatic heterocycles. The number of aryl methyl sites for hydroxylation is 1. The van der Waals surface area contributed by atoms with E-state index < -0.39 is 11.6 Å². The summed E-state index contributed by atoms with van der Waals surface area (Å²) in [5, 5.41) is 2.84. The molecule has 7 heteroatoms. The normalized spacial score (nSPS) is 12.1. The van der Waals surface area contributed by atoms with E-state index in [9.17, 15) is 14.0 Å². The molecule has 142 valence electrons. The molecule has 0 radical (unpaired) electrons. The van der Waals surface area contributed by atoms with Gasteiger partial charge in [-0.3, -0.25) is 9.36 Å². The van der Waals surface area contributed by atoms with Gasteiger partial charge in [0.25, 0.3) is 0 Å². The van der Waals surface area contributed by atoms with Gasteiger partial charge in [0.15, 0.2) is 17.1 Å². The number of nitrogens with one attached hydrogen (secondary N) is 1. The van der Waals surface area contributed by atoms with Crippen LogP contribution in [0.3, 0.4) is 0 Å². The molecule has 2 aromatic carbocycles. The molecule has 0 saturated heterocycles. The van der Waals surface area contributed by atoms with Gasteiger partial charge in [-0.25, -0.2) is 9.18 Å². The maximum absolute atomic E-state index is 13.8. The highest BCUT2D eigenvalue weighted by Crippen LogP contribution is 2.21. The number of ether oxygens (including phenoxy) is 1. The van der Waals surface area contributed by atoms with E-state index in [1.807, 2.05) is 6.07 Å². The van der Waals surface area contributed by atoms with Crippen LogP contribution in [0.1, 0.15) is 31.4 Å². The summed E-state index contributed by atoms with van der Waals surface area (Å²) >= 11 is 0. The largest absolute Gasteiger partial charge is 0.494 e. The van der Waals surface area contributed by atoms with Crippen LogP contribution in [0.2, 0.25) is 0 Å². The molecule has 27 heavy (non-hydrogen) atoms. The predicted molar refractivity (Wildman–Crippen MR) is 99.2 cm³/mol. The minimum atomic E-state index is -0.470. The van der Waals surface area contributed by atoms with E-state index in [2.05, 4.69) is 5.32 Å². The number of oxazole rings is 1. The van der Waals surface area contributed by atoms with Crippen LogP contribution >= 0.6 is 0 Å². The highest BCUT2D eigenvalue weighted by Gasteiger charge is 2.13. The maximum Gasteiger partial charge on any atom is 0.419 e. The highest BCUT2D eigenvalue weighted by molar-refractivity contribution is 5.76. The first-order valence-electron chi connectivity index (χ1n) is 8.70. The molecule has 1 atom stereocenters. The molecule has 1 heterocycles. The van der Waals surface area contributed by atoms with Crippen molar-refractivity contribution >= 4 is 17.0 Å². The van der Waals surface area contributed by atoms with Crippen molar-refractivity contribution in [3.05, 3.63) is 64.4 Å². The summed E-state index contributed by atoms with van der Waals surface area (Å²) in [6.45, 7) is 2.17. The number of benzene rings is 2. The summed E-state index contributed by atoms with van der Waals surface area (Å²) in [5.74, 6) is -0.907. The van der Waals surface area contributed by atoms with Crippen molar-refractivity contribution in [3.8, 4) is 5.75 Å². The number of carbonyl (C=O) groups is 1. The van der Waals surface area contributed by atoms with Gasteiger partial charge < -0.3 is 14.5 Å². The van der Waals surface area contributed by atoms with Crippen molar-refractivity contribution in [2.45, 2.75) is 32.4 Å². The van der Waals surface area contributed by atoms with Crippen molar-refractivity contribution < 1.29 is 18.3 Å². The van der Waals surface area contributed by atoms with Crippen LogP contribution in [0.4, 0.5) is 4.39 Å². The predicted octanol–water partition coefficient (Wildman–Crippen LogP) is 3.40. The number of carbonyl (C=O) groups excluding carboxylic acids is 1. The molecule has 0 aliphatic rings. The summed E-state index contributed by atoms with van der Waals surface area (Å²) in [7, 11) is 1.40. The lowest BCUT2D eigenvalue weighted by atomic mass is 10.1. The fraction of sp³-hybridized carbons (Fsp3) is 0.300. The average Bonchev–Trinajstić information content (AvgIpc) is 2.97. The summed E-state index contributed by atoms with van der Waals surface area (Å²) < 4.78 is 25.4. The zero-order valence-electron chi connectivity index (χ0n) is 15.2. The molecular weight excluding hydrogens is 351 g/mol. The third-order valence-corrected chi connectivity index (χ3v) is 4.41. The number of para-hydroxylation sites is 2. The first-order chi connectivity index (χ1) is 13.0. The lowest BCUT2D eigenvalue weighted by Crippen LogP contribution is -2.27. The summed E-state index contributed by atoms with van der Waals surface area (Å²) in [4.78, 5) is 24.1. The summed E-state index contributed by atoms with van der Waals surface area (Å²) in [5.41, 5.74) is 1.89. The minimum absolute atomic E-state index is 0.162. The number of fused-ring (bicyclic) bond motifs is 1. The molecule has 1 unspecified atom stereocenters. The maximum atomic E-state index is 13.8. The van der Waals surface area contributed by atoms with Crippen LogP contribution < -0.4 is 15.8 Å². The van der Waals surface area contributed by atoms with Crippen LogP contribution in [0.25, 0.3) is 11.1 Å². The molecular formula is C20H21FN2O4. The Hall–Kier alpha value is -3.09. The Bertz CT molecular complexity index is 1010. The Morgan fingerprint density at radius 1 is 1.30 bits per heavy atom. The molecule has 0 bridgehead atoms. The first-order valence-corrected chi connectivity index (χ1v) is 8.70. The Labute approximate surface area is 155 Å². The van der Waals surface area contributed by atoms with Crippen molar-refractivity contribution in [2.75, 3.05) is 7.11 Å². The number of hydrogen-bond donors (Lipinski definition) is 1. The van der Waals surface area contributed by atoms with Crippen molar-refractivity contribution in [1.29, 1.82) is 0 Å². The van der Waals surface area contributed by atoms with E-state index in [-0.39, 0.29) is 24.1 Å². The Morgan fingerprint density at radius 2 is 2.07 bits per heavy atom. The van der Waals surface area contributed by atoms with Crippen LogP contribution in [-0.2, 0) is 11.3 Å². The molecule has 1 aromatic heterocycles. The Morgan fingerprint density at radius 3 is 2.81 bits per heavy atom. The lowest BCUT2D eigenvalue weighted by molar-refractivity contribution is -0.121. The quantitative estimate of drug-likeness (QED) is 0.690. The van der Waals surface area contributed by atoms with Gasteiger partial charge in [0.05, 0.1) is 18.7 Å². The number of rotatable bonds is 7. The highest BCUT2D eigenvalue weighted by atomic mass is 19.1. The van der Waals surface area contributed by atoms with Crippen LogP contribution in [0.5, 0.6) is 5.75 Å². The number of nitrogens with zero attached hydrogens (tertiary/aromatic N) is 1. The van der Waals surface area contributed by atoms with Gasteiger partial charge in [0, 0.05) is 13.0 Å². The van der Waals surface area contributed by atoms with Gasteiger partial charge in [-0.05, 0) is 43.2 Å². The number of aromatic nitrogens is 1. The molecule has 1 N–H and O–H groups in total. The van der Waals surface area contributed by atoms with Crippen LogP contribution in [0.15, 0.2) is 51.7 Å². The molecule has 0 aliphatic carbocycles. The number of methoxy groups -OCH3 is 1. The SMILES string of the molecule is COc1ccc(C(C)NC(=O)CCCn2c(=O)oc3ccccc32)cc1F. The number of halogens is 1. The van der Waals surface area contributed by atoms with Gasteiger partial charge in [0.2, 0.25) is 5.91 Å². The van der Waals surface area contributed by atoms with Crippen LogP contribution in [-0.4, -0.2) is 17.6 Å². The Kier molecular flexibility index (Phi) is 5.59. The second-order valence-corrected chi connectivity index (χ2v) is 6.27. The molecule has 0 fully saturated rings. The monoisotopic (exact) mass is 372 g/mol. The summed E-state index contributed by atoms with van der Waals surface area (Å²) in [6.07, 6.45) is 0.730. The zero-order valence-corrected chi connectivity index (χ0v) is 15.2. The van der Waals surface area contributed by atoms with E-state index in [1.54, 1.807) is 31.2 Å². The average molecular weight is 372 g/mol. The molecule has 3 aromatic rings. The smallest absolute Gasteiger partial charge is 0.419 e. The van der Waals surface area contributed by atoms with Crippen molar-refractivity contribution in [2.24, 2.45) is 0 Å². The van der Waals surface area contributed by atoms with E-state index in [0.717, 1.165) is 0 Å². The van der Waals surface area contributed by atoms with Crippen molar-refractivity contribution in [1.82, 2.24) is 9.88 Å². The molecule has 0 spiro atoms. The zero-order chi connectivity index (χ0) is 19.4. The van der Waals surface area contributed by atoms with Gasteiger partial charge in [0.1, 0.15) is 0 Å². The molecule has 3 rings (SSSR count). The van der Waals surface area contributed by atoms with E-state index in [4.69, 9.17) is 9.15 Å². The van der Waals surface area contributed by atoms with Gasteiger partial charge in [-0.15, -0.1) is 0 Å². The third kappa shape index (κ3) is 4.19. The van der Waals surface area contributed by atoms with E-state index >= 15 is 0 Å². The molecule has 6 nitrogen and oxygen atoms in total. The number of amides is 1. The van der Waals surface area contributed by atoms with Gasteiger partial charge in [-0.2, -0.15) is 0 Å². The van der Waals surface area contributed by atoms with Crippen molar-refractivity contribution in [3.63, 3.8) is 0 Å². The molecule has 0 saturated carbocycles. The van der Waals surface area contributed by atoms with Crippen LogP contribution in [0, 0.1) is 5.82 Å². The summed E-state index contributed by atoms with van der Waals surface area (Å²) in [6, 6.07) is 11.4. The first kappa shape index (κ1) is 18.7. The standard InChI is InChI=1S/C20H21FN2O4/c1-13(14-9-10-17(26-2)15(21)12-14)22-19(24)8-5-11-23-16-6-3-4-7-18(16)27-20(23)25/h3-4,6-7,9-10,12-13H,5,8,11H2,1-2H3,(H,22,24). The minimum Gasteiger partial charge on any atom is -0.494 e. The fourth-order valence-corrected chi connectivity index (χ4v) is 2.97. The second-order valence-electron chi connectivity index (χ2n) is 6.27. The second kappa shape index (κ2) is 8.07. The molecule has 1 amide bonds. The number of hydrogen-bond acceptors (Lipinski definition) is 4.